The quantitative estimate of drug-likeness (QED) is 0.629. The van der Waals surface area contributed by atoms with E-state index in [0.29, 0.717) is 30.3 Å². The Bertz CT molecular complexity index is 1010. The van der Waals surface area contributed by atoms with Crippen molar-refractivity contribution in [2.24, 2.45) is 5.73 Å². The van der Waals surface area contributed by atoms with Crippen LogP contribution in [0.5, 0.6) is 0 Å². The molecule has 8 heteroatoms. The van der Waals surface area contributed by atoms with Crippen molar-refractivity contribution in [1.29, 1.82) is 0 Å². The van der Waals surface area contributed by atoms with Crippen LogP contribution >= 0.6 is 11.3 Å². The molecule has 31 heavy (non-hydrogen) atoms. The second-order valence-electron chi connectivity index (χ2n) is 7.25. The largest absolute Gasteiger partial charge is 0.445 e. The summed E-state index contributed by atoms with van der Waals surface area (Å²) in [4.78, 5) is 33.8. The molecule has 1 aromatic heterocycles. The molecule has 1 unspecified atom stereocenters. The number of benzene rings is 2. The van der Waals surface area contributed by atoms with E-state index in [-0.39, 0.29) is 12.5 Å². The van der Waals surface area contributed by atoms with Crippen molar-refractivity contribution in [1.82, 2.24) is 9.88 Å². The molecular weight excluding hydrogens is 412 g/mol. The molecule has 0 radical (unpaired) electrons. The molecule has 1 saturated heterocycles. The average molecular weight is 437 g/mol. The SMILES string of the molecule is NCc1ccc(N(C(=O)C2CCCN2C(=O)OCc2ccccc2)c2nccs2)cc1. The van der Waals surface area contributed by atoms with Crippen LogP contribution in [0.3, 0.4) is 0 Å². The predicted molar refractivity (Wildman–Crippen MR) is 120 cm³/mol. The van der Waals surface area contributed by atoms with Crippen LogP contribution in [0.15, 0.2) is 66.2 Å². The summed E-state index contributed by atoms with van der Waals surface area (Å²) in [6.07, 6.45) is 2.52. The normalized spacial score (nSPS) is 15.6. The first kappa shape index (κ1) is 21.0. The van der Waals surface area contributed by atoms with Gasteiger partial charge in [0.25, 0.3) is 5.91 Å². The molecule has 160 valence electrons. The first-order valence-electron chi connectivity index (χ1n) is 10.2. The summed E-state index contributed by atoms with van der Waals surface area (Å²) in [6, 6.07) is 16.4. The molecule has 3 aromatic rings. The zero-order valence-corrected chi connectivity index (χ0v) is 17.8. The molecule has 0 bridgehead atoms. The van der Waals surface area contributed by atoms with Gasteiger partial charge in [-0.1, -0.05) is 42.5 Å². The maximum Gasteiger partial charge on any atom is 0.410 e. The van der Waals surface area contributed by atoms with E-state index < -0.39 is 12.1 Å². The van der Waals surface area contributed by atoms with E-state index >= 15 is 0 Å². The number of nitrogens with zero attached hydrogens (tertiary/aromatic N) is 3. The minimum Gasteiger partial charge on any atom is -0.445 e. The lowest BCUT2D eigenvalue weighted by atomic mass is 10.1. The van der Waals surface area contributed by atoms with E-state index in [2.05, 4.69) is 4.98 Å². The van der Waals surface area contributed by atoms with Crippen molar-refractivity contribution in [3.8, 4) is 0 Å². The third kappa shape index (κ3) is 4.76. The summed E-state index contributed by atoms with van der Waals surface area (Å²) >= 11 is 1.37. The van der Waals surface area contributed by atoms with Gasteiger partial charge in [-0.05, 0) is 36.1 Å². The van der Waals surface area contributed by atoms with E-state index in [1.54, 1.807) is 11.1 Å². The maximum absolute atomic E-state index is 13.6. The minimum absolute atomic E-state index is 0.174. The van der Waals surface area contributed by atoms with Crippen LogP contribution in [-0.2, 0) is 22.7 Å². The molecule has 2 heterocycles. The summed E-state index contributed by atoms with van der Waals surface area (Å²) in [6.45, 7) is 1.09. The van der Waals surface area contributed by atoms with Gasteiger partial charge in [-0.2, -0.15) is 0 Å². The van der Waals surface area contributed by atoms with E-state index in [4.69, 9.17) is 10.5 Å². The van der Waals surface area contributed by atoms with Crippen LogP contribution in [0.1, 0.15) is 24.0 Å². The number of rotatable bonds is 6. The lowest BCUT2D eigenvalue weighted by Crippen LogP contribution is -2.46. The summed E-state index contributed by atoms with van der Waals surface area (Å²) in [5.41, 5.74) is 8.28. The van der Waals surface area contributed by atoms with Crippen LogP contribution in [0.4, 0.5) is 15.6 Å². The van der Waals surface area contributed by atoms with E-state index in [0.717, 1.165) is 17.5 Å². The van der Waals surface area contributed by atoms with E-state index in [1.807, 2.05) is 60.0 Å². The lowest BCUT2D eigenvalue weighted by Gasteiger charge is -2.28. The third-order valence-corrected chi connectivity index (χ3v) is 6.00. The Morgan fingerprint density at radius 1 is 1.13 bits per heavy atom. The zero-order chi connectivity index (χ0) is 21.6. The molecule has 0 aliphatic carbocycles. The van der Waals surface area contributed by atoms with Crippen molar-refractivity contribution >= 4 is 34.2 Å². The van der Waals surface area contributed by atoms with Gasteiger partial charge in [-0.25, -0.2) is 9.78 Å². The monoisotopic (exact) mass is 436 g/mol. The zero-order valence-electron chi connectivity index (χ0n) is 17.0. The average Bonchev–Trinajstić information content (AvgIpc) is 3.51. The number of hydrogen-bond donors (Lipinski definition) is 1. The number of amides is 2. The number of aromatic nitrogens is 1. The van der Waals surface area contributed by atoms with Crippen LogP contribution in [0, 0.1) is 0 Å². The number of carbonyl (C=O) groups excluding carboxylic acids is 2. The number of likely N-dealkylation sites (tertiary alicyclic amines) is 1. The number of hydrogen-bond acceptors (Lipinski definition) is 6. The van der Waals surface area contributed by atoms with E-state index in [1.165, 1.54) is 16.2 Å². The fourth-order valence-electron chi connectivity index (χ4n) is 3.63. The summed E-state index contributed by atoms with van der Waals surface area (Å²) < 4.78 is 5.49. The first-order valence-corrected chi connectivity index (χ1v) is 11.0. The molecule has 2 amide bonds. The van der Waals surface area contributed by atoms with Crippen molar-refractivity contribution in [2.75, 3.05) is 11.4 Å². The van der Waals surface area contributed by atoms with Gasteiger partial charge in [-0.3, -0.25) is 14.6 Å². The van der Waals surface area contributed by atoms with Gasteiger partial charge < -0.3 is 10.5 Å². The predicted octanol–water partition coefficient (Wildman–Crippen LogP) is 4.07. The topological polar surface area (TPSA) is 88.8 Å². The fourth-order valence-corrected chi connectivity index (χ4v) is 4.30. The fraction of sp³-hybridized carbons (Fsp3) is 0.261. The Balaban J connectivity index is 1.53. The van der Waals surface area contributed by atoms with Gasteiger partial charge in [0.2, 0.25) is 0 Å². The Hall–Kier alpha value is -3.23. The molecule has 1 aliphatic rings. The number of nitrogens with two attached hydrogens (primary N) is 1. The van der Waals surface area contributed by atoms with Crippen molar-refractivity contribution in [3.05, 3.63) is 77.3 Å². The Morgan fingerprint density at radius 3 is 2.58 bits per heavy atom. The highest BCUT2D eigenvalue weighted by Gasteiger charge is 2.39. The standard InChI is InChI=1S/C23H24N4O3S/c24-15-17-8-10-19(11-9-17)27(22-25-12-14-31-22)21(28)20-7-4-13-26(20)23(29)30-16-18-5-2-1-3-6-18/h1-3,5-6,8-12,14,20H,4,7,13,15-16,24H2. The van der Waals surface area contributed by atoms with Crippen LogP contribution in [0.25, 0.3) is 0 Å². The van der Waals surface area contributed by atoms with Gasteiger partial charge in [0.1, 0.15) is 12.6 Å². The molecule has 1 atom stereocenters. The molecule has 0 spiro atoms. The Labute approximate surface area is 185 Å². The smallest absolute Gasteiger partial charge is 0.410 e. The molecular formula is C23H24N4O3S. The molecule has 4 rings (SSSR count). The second kappa shape index (κ2) is 9.72. The van der Waals surface area contributed by atoms with Crippen molar-refractivity contribution in [3.63, 3.8) is 0 Å². The number of anilines is 2. The Kier molecular flexibility index (Phi) is 6.59. The highest BCUT2D eigenvalue weighted by molar-refractivity contribution is 7.13. The number of carbonyl (C=O) groups is 2. The van der Waals surface area contributed by atoms with Gasteiger partial charge in [-0.15, -0.1) is 11.3 Å². The first-order chi connectivity index (χ1) is 15.2. The van der Waals surface area contributed by atoms with Crippen molar-refractivity contribution < 1.29 is 14.3 Å². The van der Waals surface area contributed by atoms with Gasteiger partial charge >= 0.3 is 6.09 Å². The molecule has 2 aromatic carbocycles. The summed E-state index contributed by atoms with van der Waals surface area (Å²) in [5.74, 6) is -0.190. The molecule has 7 nitrogen and oxygen atoms in total. The lowest BCUT2D eigenvalue weighted by molar-refractivity contribution is -0.121. The molecule has 1 fully saturated rings. The second-order valence-corrected chi connectivity index (χ2v) is 8.12. The molecule has 1 aliphatic heterocycles. The van der Waals surface area contributed by atoms with Gasteiger partial charge in [0.05, 0.1) is 5.69 Å². The number of ether oxygens (including phenoxy) is 1. The summed E-state index contributed by atoms with van der Waals surface area (Å²) in [5, 5.41) is 2.39. The third-order valence-electron chi connectivity index (χ3n) is 5.24. The van der Waals surface area contributed by atoms with Crippen LogP contribution in [-0.4, -0.2) is 34.5 Å². The number of thiazole rings is 1. The van der Waals surface area contributed by atoms with Crippen LogP contribution < -0.4 is 10.6 Å². The summed E-state index contributed by atoms with van der Waals surface area (Å²) in [7, 11) is 0. The Morgan fingerprint density at radius 2 is 1.90 bits per heavy atom. The van der Waals surface area contributed by atoms with Crippen molar-refractivity contribution in [2.45, 2.75) is 32.0 Å². The molecule has 2 N–H and O–H groups in total. The minimum atomic E-state index is -0.596. The van der Waals surface area contributed by atoms with Gasteiger partial charge in [0.15, 0.2) is 5.13 Å². The maximum atomic E-state index is 13.6. The van der Waals surface area contributed by atoms with E-state index in [9.17, 15) is 9.59 Å². The highest BCUT2D eigenvalue weighted by atomic mass is 32.1. The molecule has 0 saturated carbocycles. The van der Waals surface area contributed by atoms with Crippen LogP contribution in [0.2, 0.25) is 0 Å². The van der Waals surface area contributed by atoms with Gasteiger partial charge in [0, 0.05) is 24.7 Å². The highest BCUT2D eigenvalue weighted by Crippen LogP contribution is 2.31.